The molecule has 0 saturated heterocycles. The second-order valence-electron chi connectivity index (χ2n) is 4.83. The molecule has 0 unspecified atom stereocenters. The third-order valence-electron chi connectivity index (χ3n) is 3.21. The monoisotopic (exact) mass is 260 g/mol. The normalized spacial score (nSPS) is 22.5. The molecular weight excluding hydrogens is 244 g/mol. The maximum Gasteiger partial charge on any atom is 0.188 e. The van der Waals surface area contributed by atoms with Gasteiger partial charge in [0.05, 0.1) is 0 Å². The molecule has 1 heterocycles. The van der Waals surface area contributed by atoms with E-state index in [1.807, 2.05) is 0 Å². The summed E-state index contributed by atoms with van der Waals surface area (Å²) in [4.78, 5) is 5.26. The molecule has 1 aliphatic carbocycles. The Balaban J connectivity index is 1.59. The van der Waals surface area contributed by atoms with Crippen molar-refractivity contribution in [1.29, 1.82) is 0 Å². The molecule has 5 heteroatoms. The zero-order valence-electron chi connectivity index (χ0n) is 10.3. The maximum absolute atomic E-state index is 4.09. The third-order valence-corrected chi connectivity index (χ3v) is 4.10. The summed E-state index contributed by atoms with van der Waals surface area (Å²) >= 11 is 1.59. The Morgan fingerprint density at radius 3 is 2.67 bits per heavy atom. The zero-order valence-corrected chi connectivity index (χ0v) is 11.1. The smallest absolute Gasteiger partial charge is 0.188 e. The summed E-state index contributed by atoms with van der Waals surface area (Å²) in [6.45, 7) is 2.30. The highest BCUT2D eigenvalue weighted by atomic mass is 32.2. The van der Waals surface area contributed by atoms with Gasteiger partial charge in [0.15, 0.2) is 5.16 Å². The quantitative estimate of drug-likeness (QED) is 0.886. The lowest BCUT2D eigenvalue weighted by Crippen LogP contribution is -2.33. The number of hydrogen-bond donors (Lipinski definition) is 2. The van der Waals surface area contributed by atoms with E-state index in [4.69, 9.17) is 0 Å². The van der Waals surface area contributed by atoms with Gasteiger partial charge in [-0.05, 0) is 43.0 Å². The van der Waals surface area contributed by atoms with Crippen LogP contribution in [0.3, 0.4) is 0 Å². The average molecular weight is 260 g/mol. The SMILES string of the molecule is CC1CC(Nc2ccc(Sc3ncn[nH]3)cc2)C1. The number of anilines is 1. The molecule has 1 fully saturated rings. The summed E-state index contributed by atoms with van der Waals surface area (Å²) < 4.78 is 0. The zero-order chi connectivity index (χ0) is 12.4. The first-order valence-electron chi connectivity index (χ1n) is 6.19. The largest absolute Gasteiger partial charge is 0.382 e. The van der Waals surface area contributed by atoms with Crippen LogP contribution in [0.4, 0.5) is 5.69 Å². The van der Waals surface area contributed by atoms with E-state index in [1.54, 1.807) is 11.8 Å². The van der Waals surface area contributed by atoms with E-state index < -0.39 is 0 Å². The Bertz CT molecular complexity index is 488. The molecule has 1 saturated carbocycles. The van der Waals surface area contributed by atoms with E-state index >= 15 is 0 Å². The van der Waals surface area contributed by atoms with Gasteiger partial charge in [0.25, 0.3) is 0 Å². The number of nitrogens with zero attached hydrogens (tertiary/aromatic N) is 2. The lowest BCUT2D eigenvalue weighted by molar-refractivity contribution is 0.309. The summed E-state index contributed by atoms with van der Waals surface area (Å²) in [6, 6.07) is 9.13. The van der Waals surface area contributed by atoms with Crippen molar-refractivity contribution in [2.45, 2.75) is 35.9 Å². The molecule has 0 radical (unpaired) electrons. The lowest BCUT2D eigenvalue weighted by Gasteiger charge is -2.34. The molecular formula is C13H16N4S. The van der Waals surface area contributed by atoms with E-state index in [-0.39, 0.29) is 0 Å². The van der Waals surface area contributed by atoms with Gasteiger partial charge in [-0.25, -0.2) is 4.98 Å². The van der Waals surface area contributed by atoms with Crippen molar-refractivity contribution in [3.63, 3.8) is 0 Å². The summed E-state index contributed by atoms with van der Waals surface area (Å²) in [5.74, 6) is 0.879. The highest BCUT2D eigenvalue weighted by Gasteiger charge is 2.24. The van der Waals surface area contributed by atoms with Crippen LogP contribution in [0.25, 0.3) is 0 Å². The number of aromatic nitrogens is 3. The Labute approximate surface area is 111 Å². The fourth-order valence-corrected chi connectivity index (χ4v) is 2.92. The van der Waals surface area contributed by atoms with Crippen LogP contribution in [0.15, 0.2) is 40.6 Å². The lowest BCUT2D eigenvalue weighted by atomic mass is 9.82. The van der Waals surface area contributed by atoms with Crippen molar-refractivity contribution in [3.8, 4) is 0 Å². The first-order chi connectivity index (χ1) is 8.79. The van der Waals surface area contributed by atoms with Crippen LogP contribution >= 0.6 is 11.8 Å². The first-order valence-corrected chi connectivity index (χ1v) is 7.01. The third kappa shape index (κ3) is 2.67. The minimum absolute atomic E-state index is 0.660. The predicted octanol–water partition coefficient (Wildman–Crippen LogP) is 3.17. The van der Waals surface area contributed by atoms with Gasteiger partial charge in [0.1, 0.15) is 6.33 Å². The van der Waals surface area contributed by atoms with E-state index in [1.165, 1.54) is 29.8 Å². The van der Waals surface area contributed by atoms with Gasteiger partial charge in [0, 0.05) is 16.6 Å². The second kappa shape index (κ2) is 5.02. The van der Waals surface area contributed by atoms with Gasteiger partial charge in [-0.15, -0.1) is 0 Å². The highest BCUT2D eigenvalue weighted by Crippen LogP contribution is 2.30. The van der Waals surface area contributed by atoms with E-state index in [2.05, 4.69) is 51.7 Å². The molecule has 94 valence electrons. The van der Waals surface area contributed by atoms with Crippen LogP contribution in [0.1, 0.15) is 19.8 Å². The van der Waals surface area contributed by atoms with Crippen LogP contribution in [0.5, 0.6) is 0 Å². The van der Waals surface area contributed by atoms with Crippen LogP contribution in [-0.4, -0.2) is 21.2 Å². The average Bonchev–Trinajstić information content (AvgIpc) is 2.82. The Hall–Kier alpha value is -1.49. The van der Waals surface area contributed by atoms with Crippen LogP contribution in [0.2, 0.25) is 0 Å². The fraction of sp³-hybridized carbons (Fsp3) is 0.385. The van der Waals surface area contributed by atoms with E-state index in [0.29, 0.717) is 6.04 Å². The second-order valence-corrected chi connectivity index (χ2v) is 5.90. The molecule has 1 aromatic heterocycles. The molecule has 1 aliphatic rings. The van der Waals surface area contributed by atoms with Crippen molar-refractivity contribution in [2.24, 2.45) is 5.92 Å². The van der Waals surface area contributed by atoms with Crippen molar-refractivity contribution < 1.29 is 0 Å². The molecule has 1 aromatic carbocycles. The molecule has 0 atom stereocenters. The maximum atomic E-state index is 4.09. The number of hydrogen-bond acceptors (Lipinski definition) is 4. The topological polar surface area (TPSA) is 53.6 Å². The number of aromatic amines is 1. The van der Waals surface area contributed by atoms with Gasteiger partial charge in [-0.3, -0.25) is 5.10 Å². The van der Waals surface area contributed by atoms with Gasteiger partial charge in [-0.2, -0.15) is 5.10 Å². The number of nitrogens with one attached hydrogen (secondary N) is 2. The molecule has 0 aliphatic heterocycles. The minimum atomic E-state index is 0.660. The summed E-state index contributed by atoms with van der Waals surface area (Å²) in [7, 11) is 0. The van der Waals surface area contributed by atoms with Gasteiger partial charge in [0.2, 0.25) is 0 Å². The molecule has 0 bridgehead atoms. The van der Waals surface area contributed by atoms with Crippen molar-refractivity contribution in [1.82, 2.24) is 15.2 Å². The van der Waals surface area contributed by atoms with Gasteiger partial charge >= 0.3 is 0 Å². The van der Waals surface area contributed by atoms with E-state index in [9.17, 15) is 0 Å². The summed E-state index contributed by atoms with van der Waals surface area (Å²) in [5.41, 5.74) is 1.20. The minimum Gasteiger partial charge on any atom is -0.382 e. The first kappa shape index (κ1) is 11.6. The number of H-pyrrole nitrogens is 1. The standard InChI is InChI=1S/C13H16N4S/c1-9-6-11(7-9)16-10-2-4-12(5-3-10)18-13-14-8-15-17-13/h2-5,8-9,11,16H,6-7H2,1H3,(H,14,15,17). The van der Waals surface area contributed by atoms with Gasteiger partial charge < -0.3 is 5.32 Å². The molecule has 18 heavy (non-hydrogen) atoms. The Morgan fingerprint density at radius 1 is 1.28 bits per heavy atom. The molecule has 3 rings (SSSR count). The van der Waals surface area contributed by atoms with E-state index in [0.717, 1.165) is 11.1 Å². The van der Waals surface area contributed by atoms with Crippen LogP contribution in [-0.2, 0) is 0 Å². The van der Waals surface area contributed by atoms with Crippen LogP contribution < -0.4 is 5.32 Å². The van der Waals surface area contributed by atoms with Crippen LogP contribution in [0, 0.1) is 5.92 Å². The highest BCUT2D eigenvalue weighted by molar-refractivity contribution is 7.99. The van der Waals surface area contributed by atoms with Gasteiger partial charge in [-0.1, -0.05) is 18.7 Å². The Morgan fingerprint density at radius 2 is 2.06 bits per heavy atom. The molecule has 0 spiro atoms. The molecule has 0 amide bonds. The molecule has 4 nitrogen and oxygen atoms in total. The number of benzene rings is 1. The summed E-state index contributed by atoms with van der Waals surface area (Å²) in [6.07, 6.45) is 4.10. The van der Waals surface area contributed by atoms with Crippen molar-refractivity contribution >= 4 is 17.4 Å². The molecule has 2 aromatic rings. The van der Waals surface area contributed by atoms with Crippen molar-refractivity contribution in [3.05, 3.63) is 30.6 Å². The number of rotatable bonds is 4. The molecule has 2 N–H and O–H groups in total. The predicted molar refractivity (Wildman–Crippen MR) is 72.8 cm³/mol. The Kier molecular flexibility index (Phi) is 3.23. The van der Waals surface area contributed by atoms with Crippen molar-refractivity contribution in [2.75, 3.05) is 5.32 Å². The summed E-state index contributed by atoms with van der Waals surface area (Å²) in [5, 5.41) is 11.0. The fourth-order valence-electron chi connectivity index (χ4n) is 2.23.